The summed E-state index contributed by atoms with van der Waals surface area (Å²) in [4.78, 5) is 22.9. The van der Waals surface area contributed by atoms with Crippen LogP contribution in [0.5, 0.6) is 0 Å². The van der Waals surface area contributed by atoms with Crippen LogP contribution < -0.4 is 11.1 Å². The standard InChI is InChI=1S/C12H11BrF2N2O2/c1-6(13)5-9(11(16)18)17-12(19)7-3-2-4-8(14)10(7)15/h2-4,9H,1,5H2,(H2,16,18)(H,17,19)/t9-/m0/s1. The molecule has 19 heavy (non-hydrogen) atoms. The molecule has 0 aliphatic heterocycles. The van der Waals surface area contributed by atoms with Crippen LogP contribution in [0.2, 0.25) is 0 Å². The fourth-order valence-corrected chi connectivity index (χ4v) is 1.68. The normalized spacial score (nSPS) is 11.7. The van der Waals surface area contributed by atoms with Gasteiger partial charge in [0.15, 0.2) is 11.6 Å². The summed E-state index contributed by atoms with van der Waals surface area (Å²) < 4.78 is 26.8. The molecule has 0 fully saturated rings. The lowest BCUT2D eigenvalue weighted by Crippen LogP contribution is -2.44. The van der Waals surface area contributed by atoms with E-state index in [1.54, 1.807) is 0 Å². The Hall–Kier alpha value is -1.76. The zero-order chi connectivity index (χ0) is 14.6. The van der Waals surface area contributed by atoms with Crippen molar-refractivity contribution in [2.45, 2.75) is 12.5 Å². The van der Waals surface area contributed by atoms with Gasteiger partial charge in [-0.2, -0.15) is 0 Å². The van der Waals surface area contributed by atoms with Crippen molar-refractivity contribution in [2.24, 2.45) is 5.73 Å². The number of primary amides is 1. The van der Waals surface area contributed by atoms with Gasteiger partial charge in [-0.1, -0.05) is 28.6 Å². The predicted molar refractivity (Wildman–Crippen MR) is 69.5 cm³/mol. The third-order valence-electron chi connectivity index (χ3n) is 2.27. The minimum absolute atomic E-state index is 0.0536. The van der Waals surface area contributed by atoms with Gasteiger partial charge in [-0.3, -0.25) is 9.59 Å². The van der Waals surface area contributed by atoms with Crippen molar-refractivity contribution >= 4 is 27.7 Å². The first-order chi connectivity index (χ1) is 8.82. The van der Waals surface area contributed by atoms with E-state index in [1.807, 2.05) is 0 Å². The highest BCUT2D eigenvalue weighted by Crippen LogP contribution is 2.13. The zero-order valence-corrected chi connectivity index (χ0v) is 11.3. The number of halogens is 3. The van der Waals surface area contributed by atoms with E-state index in [-0.39, 0.29) is 6.42 Å². The molecule has 0 saturated carbocycles. The fourth-order valence-electron chi connectivity index (χ4n) is 1.36. The van der Waals surface area contributed by atoms with E-state index in [1.165, 1.54) is 6.07 Å². The van der Waals surface area contributed by atoms with Crippen LogP contribution in [0.4, 0.5) is 8.78 Å². The van der Waals surface area contributed by atoms with Gasteiger partial charge in [0.1, 0.15) is 6.04 Å². The monoisotopic (exact) mass is 332 g/mol. The second kappa shape index (κ2) is 6.42. The Morgan fingerprint density at radius 1 is 1.42 bits per heavy atom. The number of nitrogens with one attached hydrogen (secondary N) is 1. The van der Waals surface area contributed by atoms with Crippen LogP contribution >= 0.6 is 15.9 Å². The topological polar surface area (TPSA) is 72.2 Å². The first-order valence-corrected chi connectivity index (χ1v) is 5.99. The quantitative estimate of drug-likeness (QED) is 0.863. The molecule has 0 aliphatic rings. The summed E-state index contributed by atoms with van der Waals surface area (Å²) in [5, 5.41) is 2.22. The maximum Gasteiger partial charge on any atom is 0.255 e. The molecular weight excluding hydrogens is 322 g/mol. The third kappa shape index (κ3) is 4.13. The average Bonchev–Trinajstić information content (AvgIpc) is 2.31. The molecule has 1 atom stereocenters. The highest BCUT2D eigenvalue weighted by atomic mass is 79.9. The SMILES string of the molecule is C=C(Br)C[C@H](NC(=O)c1cccc(F)c1F)C(N)=O. The minimum atomic E-state index is -1.28. The molecule has 0 unspecified atom stereocenters. The third-order valence-corrected chi connectivity index (χ3v) is 2.59. The molecule has 0 bridgehead atoms. The Balaban J connectivity index is 2.91. The summed E-state index contributed by atoms with van der Waals surface area (Å²) in [5.41, 5.74) is 4.60. The van der Waals surface area contributed by atoms with Gasteiger partial charge in [-0.15, -0.1) is 0 Å². The van der Waals surface area contributed by atoms with E-state index >= 15 is 0 Å². The van der Waals surface area contributed by atoms with Crippen molar-refractivity contribution < 1.29 is 18.4 Å². The van der Waals surface area contributed by atoms with Crippen molar-refractivity contribution in [3.05, 3.63) is 46.5 Å². The number of rotatable bonds is 5. The van der Waals surface area contributed by atoms with Gasteiger partial charge in [0.25, 0.3) is 5.91 Å². The van der Waals surface area contributed by atoms with Gasteiger partial charge in [-0.25, -0.2) is 8.78 Å². The highest BCUT2D eigenvalue weighted by Gasteiger charge is 2.22. The molecule has 2 amide bonds. The van der Waals surface area contributed by atoms with E-state index in [0.717, 1.165) is 12.1 Å². The van der Waals surface area contributed by atoms with Crippen molar-refractivity contribution in [3.63, 3.8) is 0 Å². The molecule has 1 aromatic rings. The second-order valence-corrected chi connectivity index (χ2v) is 4.87. The first-order valence-electron chi connectivity index (χ1n) is 5.20. The predicted octanol–water partition coefficient (Wildman–Crippen LogP) is 1.85. The van der Waals surface area contributed by atoms with Crippen molar-refractivity contribution in [2.75, 3.05) is 0 Å². The van der Waals surface area contributed by atoms with Gasteiger partial charge in [0, 0.05) is 6.42 Å². The van der Waals surface area contributed by atoms with Gasteiger partial charge in [0.2, 0.25) is 5.91 Å². The summed E-state index contributed by atoms with van der Waals surface area (Å²) in [6.45, 7) is 3.51. The largest absolute Gasteiger partial charge is 0.368 e. The minimum Gasteiger partial charge on any atom is -0.368 e. The smallest absolute Gasteiger partial charge is 0.255 e. The first kappa shape index (κ1) is 15.3. The van der Waals surface area contributed by atoms with Crippen LogP contribution in [0.15, 0.2) is 29.3 Å². The van der Waals surface area contributed by atoms with Crippen LogP contribution in [-0.4, -0.2) is 17.9 Å². The number of hydrogen-bond acceptors (Lipinski definition) is 2. The van der Waals surface area contributed by atoms with Gasteiger partial charge < -0.3 is 11.1 Å². The lowest BCUT2D eigenvalue weighted by molar-refractivity contribution is -0.119. The number of carbonyl (C=O) groups is 2. The molecule has 0 aromatic heterocycles. The molecule has 0 aliphatic carbocycles. The van der Waals surface area contributed by atoms with E-state index < -0.39 is 35.1 Å². The fraction of sp³-hybridized carbons (Fsp3) is 0.167. The maximum absolute atomic E-state index is 13.4. The Morgan fingerprint density at radius 3 is 2.58 bits per heavy atom. The number of nitrogens with two attached hydrogens (primary N) is 1. The Morgan fingerprint density at radius 2 is 2.05 bits per heavy atom. The van der Waals surface area contributed by atoms with Crippen LogP contribution in [-0.2, 0) is 4.79 Å². The molecule has 4 nitrogen and oxygen atoms in total. The lowest BCUT2D eigenvalue weighted by Gasteiger charge is -2.15. The van der Waals surface area contributed by atoms with Crippen LogP contribution in [0.1, 0.15) is 16.8 Å². The van der Waals surface area contributed by atoms with Gasteiger partial charge in [-0.05, 0) is 16.6 Å². The zero-order valence-electron chi connectivity index (χ0n) is 9.75. The van der Waals surface area contributed by atoms with Crippen molar-refractivity contribution in [1.29, 1.82) is 0 Å². The molecule has 3 N–H and O–H groups in total. The van der Waals surface area contributed by atoms with Crippen LogP contribution in [0.3, 0.4) is 0 Å². The summed E-state index contributed by atoms with van der Waals surface area (Å²) in [6.07, 6.45) is 0.0536. The van der Waals surface area contributed by atoms with Gasteiger partial charge >= 0.3 is 0 Å². The van der Waals surface area contributed by atoms with Crippen LogP contribution in [0.25, 0.3) is 0 Å². The Bertz CT molecular complexity index is 534. The summed E-state index contributed by atoms with van der Waals surface area (Å²) >= 11 is 3.03. The van der Waals surface area contributed by atoms with Crippen molar-refractivity contribution in [1.82, 2.24) is 5.32 Å². The molecule has 0 saturated heterocycles. The molecule has 0 spiro atoms. The van der Waals surface area contributed by atoms with E-state index in [2.05, 4.69) is 27.8 Å². The summed E-state index contributed by atoms with van der Waals surface area (Å²) in [5.74, 6) is -4.14. The van der Waals surface area contributed by atoms with Gasteiger partial charge in [0.05, 0.1) is 5.56 Å². The molecule has 0 radical (unpaired) electrons. The lowest BCUT2D eigenvalue weighted by atomic mass is 10.1. The molecule has 1 rings (SSSR count). The highest BCUT2D eigenvalue weighted by molar-refractivity contribution is 9.11. The molecule has 1 aromatic carbocycles. The summed E-state index contributed by atoms with van der Waals surface area (Å²) in [7, 11) is 0. The Labute approximate surface area is 116 Å². The van der Waals surface area contributed by atoms with Crippen LogP contribution in [0, 0.1) is 11.6 Å². The Kier molecular flexibility index (Phi) is 5.17. The number of amides is 2. The van der Waals surface area contributed by atoms with E-state index in [0.29, 0.717) is 4.48 Å². The second-order valence-electron chi connectivity index (χ2n) is 3.75. The molecule has 7 heteroatoms. The van der Waals surface area contributed by atoms with Crippen molar-refractivity contribution in [3.8, 4) is 0 Å². The molecule has 0 heterocycles. The maximum atomic E-state index is 13.4. The summed E-state index contributed by atoms with van der Waals surface area (Å²) in [6, 6.07) is 2.13. The van der Waals surface area contributed by atoms with E-state index in [4.69, 9.17) is 5.73 Å². The number of benzene rings is 1. The average molecular weight is 333 g/mol. The van der Waals surface area contributed by atoms with E-state index in [9.17, 15) is 18.4 Å². The molecular formula is C12H11BrF2N2O2. The number of carbonyl (C=O) groups excluding carboxylic acids is 2. The molecule has 102 valence electrons. The number of hydrogen-bond donors (Lipinski definition) is 2.